The number of pyridine rings is 1. The second-order valence-corrected chi connectivity index (χ2v) is 6.38. The van der Waals surface area contributed by atoms with Crippen molar-refractivity contribution in [2.24, 2.45) is 11.8 Å². The number of halogens is 5. The smallest absolute Gasteiger partial charge is 0.393 e. The van der Waals surface area contributed by atoms with Crippen LogP contribution in [0.15, 0.2) is 29.2 Å². The van der Waals surface area contributed by atoms with Gasteiger partial charge >= 0.3 is 12.1 Å². The molecular weight excluding hydrogens is 398 g/mol. The molecule has 0 aromatic carbocycles. The van der Waals surface area contributed by atoms with E-state index in [9.17, 15) is 22.8 Å². The molecule has 1 N–H and O–H groups in total. The van der Waals surface area contributed by atoms with Gasteiger partial charge in [0.05, 0.1) is 22.6 Å². The van der Waals surface area contributed by atoms with E-state index in [1.165, 1.54) is 27.6 Å². The zero-order valence-electron chi connectivity index (χ0n) is 13.1. The number of carbonyl (C=O) groups is 1. The van der Waals surface area contributed by atoms with Crippen molar-refractivity contribution >= 4 is 35.6 Å². The zero-order valence-corrected chi connectivity index (χ0v) is 14.7. The van der Waals surface area contributed by atoms with Crippen LogP contribution in [0.5, 0.6) is 0 Å². The lowest BCUT2D eigenvalue weighted by Crippen LogP contribution is -2.33. The van der Waals surface area contributed by atoms with Crippen molar-refractivity contribution in [2.75, 3.05) is 13.1 Å². The normalized spacial score (nSPS) is 20.9. The van der Waals surface area contributed by atoms with Gasteiger partial charge in [0, 0.05) is 31.9 Å². The molecule has 26 heavy (non-hydrogen) atoms. The lowest BCUT2D eigenvalue weighted by molar-refractivity contribution is -0.188. The lowest BCUT2D eigenvalue weighted by Gasteiger charge is -2.18. The number of hydrogen-bond acceptors (Lipinski definition) is 4. The average Bonchev–Trinajstić information content (AvgIpc) is 2.92. The summed E-state index contributed by atoms with van der Waals surface area (Å²) in [5.74, 6) is -4.95. The fourth-order valence-electron chi connectivity index (χ4n) is 3.03. The monoisotopic (exact) mass is 411 g/mol. The Morgan fingerprint density at radius 3 is 2.62 bits per heavy atom. The predicted molar refractivity (Wildman–Crippen MR) is 89.7 cm³/mol. The van der Waals surface area contributed by atoms with Crippen LogP contribution in [-0.4, -0.2) is 44.6 Å². The largest absolute Gasteiger partial charge is 0.481 e. The summed E-state index contributed by atoms with van der Waals surface area (Å²) in [6.45, 7) is -0.728. The van der Waals surface area contributed by atoms with Crippen molar-refractivity contribution in [3.63, 3.8) is 0 Å². The molecule has 1 aliphatic heterocycles. The van der Waals surface area contributed by atoms with E-state index >= 15 is 0 Å². The Balaban J connectivity index is 0.00000243. The van der Waals surface area contributed by atoms with Gasteiger partial charge in [-0.05, 0) is 12.1 Å². The molecule has 1 fully saturated rings. The van der Waals surface area contributed by atoms with E-state index in [4.69, 9.17) is 16.7 Å². The summed E-state index contributed by atoms with van der Waals surface area (Å²) >= 11 is 5.81. The molecule has 11 heteroatoms. The molecule has 3 heterocycles. The summed E-state index contributed by atoms with van der Waals surface area (Å²) in [6, 6.07) is 4.28. The molecule has 0 amide bonds. The van der Waals surface area contributed by atoms with E-state index in [0.717, 1.165) is 0 Å². The van der Waals surface area contributed by atoms with Crippen LogP contribution < -0.4 is 5.56 Å². The van der Waals surface area contributed by atoms with Gasteiger partial charge in [-0.2, -0.15) is 13.2 Å². The van der Waals surface area contributed by atoms with Crippen LogP contribution in [0.4, 0.5) is 13.2 Å². The first-order chi connectivity index (χ1) is 11.6. The van der Waals surface area contributed by atoms with E-state index < -0.39 is 36.1 Å². The molecule has 0 saturated carbocycles. The van der Waals surface area contributed by atoms with Crippen molar-refractivity contribution in [2.45, 2.75) is 12.7 Å². The van der Waals surface area contributed by atoms with E-state index in [1.807, 2.05) is 0 Å². The summed E-state index contributed by atoms with van der Waals surface area (Å²) in [6.07, 6.45) is -3.20. The van der Waals surface area contributed by atoms with Crippen molar-refractivity contribution in [1.29, 1.82) is 0 Å². The Hall–Kier alpha value is -1.84. The molecule has 0 radical (unpaired) electrons. The number of carboxylic acids is 1. The standard InChI is InChI=1S/C15H13ClF3N3O3.ClH/c16-8-1-2-12-20-9(3-13(23)22(12)4-8)5-21-6-10(14(24)25)11(7-21)15(17,18)19;/h1-4,10-11H,5-7H2,(H,24,25);1H/t10-,11-;/m1./s1. The van der Waals surface area contributed by atoms with E-state index in [2.05, 4.69) is 4.98 Å². The number of alkyl halides is 3. The number of fused-ring (bicyclic) bond motifs is 1. The van der Waals surface area contributed by atoms with Gasteiger partial charge in [-0.3, -0.25) is 18.9 Å². The first-order valence-electron chi connectivity index (χ1n) is 7.35. The number of aromatic nitrogens is 2. The van der Waals surface area contributed by atoms with Gasteiger partial charge in [0.2, 0.25) is 0 Å². The highest BCUT2D eigenvalue weighted by atomic mass is 35.5. The minimum absolute atomic E-state index is 0. The summed E-state index contributed by atoms with van der Waals surface area (Å²) in [4.78, 5) is 28.8. The van der Waals surface area contributed by atoms with Crippen LogP contribution in [0.1, 0.15) is 5.69 Å². The molecule has 142 valence electrons. The van der Waals surface area contributed by atoms with Gasteiger partial charge in [-0.1, -0.05) is 11.6 Å². The third-order valence-corrected chi connectivity index (χ3v) is 4.42. The first-order valence-corrected chi connectivity index (χ1v) is 7.72. The maximum atomic E-state index is 13.0. The van der Waals surface area contributed by atoms with E-state index in [0.29, 0.717) is 10.7 Å². The third-order valence-electron chi connectivity index (χ3n) is 4.20. The van der Waals surface area contributed by atoms with Crippen molar-refractivity contribution < 1.29 is 23.1 Å². The Morgan fingerprint density at radius 2 is 2.04 bits per heavy atom. The summed E-state index contributed by atoms with van der Waals surface area (Å²) in [5, 5.41) is 9.38. The van der Waals surface area contributed by atoms with E-state index in [1.54, 1.807) is 6.07 Å². The Kier molecular flexibility index (Phi) is 5.84. The topological polar surface area (TPSA) is 74.9 Å². The fraction of sp³-hybridized carbons (Fsp3) is 0.400. The highest BCUT2D eigenvalue weighted by Crippen LogP contribution is 2.38. The Morgan fingerprint density at radius 1 is 1.35 bits per heavy atom. The van der Waals surface area contributed by atoms with Gasteiger partial charge < -0.3 is 5.11 Å². The van der Waals surface area contributed by atoms with Crippen molar-refractivity contribution in [1.82, 2.24) is 14.3 Å². The molecule has 3 rings (SSSR count). The predicted octanol–water partition coefficient (Wildman–Crippen LogP) is 2.46. The summed E-state index contributed by atoms with van der Waals surface area (Å²) in [5.41, 5.74) is 0.177. The van der Waals surface area contributed by atoms with Gasteiger partial charge in [-0.25, -0.2) is 4.98 Å². The minimum Gasteiger partial charge on any atom is -0.481 e. The lowest BCUT2D eigenvalue weighted by atomic mass is 9.96. The fourth-order valence-corrected chi connectivity index (χ4v) is 3.19. The van der Waals surface area contributed by atoms with Crippen LogP contribution in [0, 0.1) is 11.8 Å². The van der Waals surface area contributed by atoms with Crippen LogP contribution in [-0.2, 0) is 11.3 Å². The molecule has 2 aromatic rings. The van der Waals surface area contributed by atoms with Gasteiger partial charge in [0.25, 0.3) is 5.56 Å². The highest BCUT2D eigenvalue weighted by molar-refractivity contribution is 6.30. The number of nitrogens with zero attached hydrogens (tertiary/aromatic N) is 3. The highest BCUT2D eigenvalue weighted by Gasteiger charge is 2.52. The van der Waals surface area contributed by atoms with Crippen LogP contribution >= 0.6 is 24.0 Å². The molecule has 2 aromatic heterocycles. The van der Waals surface area contributed by atoms with Crippen molar-refractivity contribution in [3.05, 3.63) is 45.5 Å². The molecule has 1 saturated heterocycles. The summed E-state index contributed by atoms with van der Waals surface area (Å²) in [7, 11) is 0. The zero-order chi connectivity index (χ0) is 18.4. The second-order valence-electron chi connectivity index (χ2n) is 5.95. The van der Waals surface area contributed by atoms with Crippen LogP contribution in [0.3, 0.4) is 0 Å². The van der Waals surface area contributed by atoms with Gasteiger partial charge in [0.15, 0.2) is 0 Å². The third kappa shape index (κ3) is 4.11. The van der Waals surface area contributed by atoms with E-state index in [-0.39, 0.29) is 31.2 Å². The van der Waals surface area contributed by atoms with Gasteiger partial charge in [0.1, 0.15) is 5.65 Å². The van der Waals surface area contributed by atoms with Crippen molar-refractivity contribution in [3.8, 4) is 0 Å². The number of carboxylic acid groups (broad SMARTS) is 1. The van der Waals surface area contributed by atoms with Crippen LogP contribution in [0.25, 0.3) is 5.65 Å². The molecule has 0 aliphatic carbocycles. The number of aliphatic carboxylic acids is 1. The molecule has 0 spiro atoms. The first kappa shape index (κ1) is 20.5. The van der Waals surface area contributed by atoms with Gasteiger partial charge in [-0.15, -0.1) is 12.4 Å². The molecule has 0 bridgehead atoms. The number of likely N-dealkylation sites (tertiary alicyclic amines) is 1. The molecular formula is C15H14Cl2F3N3O3. The maximum Gasteiger partial charge on any atom is 0.393 e. The molecule has 6 nitrogen and oxygen atoms in total. The quantitative estimate of drug-likeness (QED) is 0.839. The Bertz CT molecular complexity index is 888. The average molecular weight is 412 g/mol. The maximum absolute atomic E-state index is 13.0. The number of hydrogen-bond donors (Lipinski definition) is 1. The molecule has 1 aliphatic rings. The minimum atomic E-state index is -4.59. The van der Waals surface area contributed by atoms with Crippen LogP contribution in [0.2, 0.25) is 5.02 Å². The molecule has 0 unspecified atom stereocenters. The number of rotatable bonds is 3. The molecule has 2 atom stereocenters. The Labute approximate surface area is 156 Å². The SMILES string of the molecule is Cl.O=C(O)[C@@H]1CN(Cc2cc(=O)n3cc(Cl)ccc3n2)C[C@H]1C(F)(F)F. The second kappa shape index (κ2) is 7.42. The summed E-state index contributed by atoms with van der Waals surface area (Å²) < 4.78 is 40.3.